The molecule has 0 radical (unpaired) electrons. The van der Waals surface area contributed by atoms with Crippen molar-refractivity contribution in [2.75, 3.05) is 14.2 Å². The van der Waals surface area contributed by atoms with Crippen molar-refractivity contribution in [2.45, 2.75) is 6.04 Å². The molecule has 2 aromatic rings. The van der Waals surface area contributed by atoms with E-state index in [1.54, 1.807) is 31.3 Å². The molecule has 0 aliphatic rings. The van der Waals surface area contributed by atoms with Crippen LogP contribution in [0.5, 0.6) is 5.75 Å². The topological polar surface area (TPSA) is 21.3 Å². The zero-order valence-electron chi connectivity index (χ0n) is 11.4. The van der Waals surface area contributed by atoms with E-state index in [2.05, 4.69) is 37.2 Å². The first-order valence-corrected chi connectivity index (χ1v) is 7.72. The van der Waals surface area contributed by atoms with Crippen LogP contribution in [-0.2, 0) is 0 Å². The SMILES string of the molecule is CNC(c1cc(Br)c(F)cc1OC)c1cccc(Br)c1F. The third kappa shape index (κ3) is 3.27. The molecule has 2 aromatic carbocycles. The predicted octanol–water partition coefficient (Wildman–Crippen LogP) is 4.81. The standard InChI is InChI=1S/C15H13Br2F2NO/c1-20-15(8-4-3-5-10(16)14(8)19)9-6-11(17)12(18)7-13(9)21-2/h3-7,15,20H,1-2H3. The van der Waals surface area contributed by atoms with E-state index < -0.39 is 11.9 Å². The molecule has 0 aromatic heterocycles. The minimum Gasteiger partial charge on any atom is -0.496 e. The Morgan fingerprint density at radius 3 is 2.43 bits per heavy atom. The van der Waals surface area contributed by atoms with E-state index in [0.717, 1.165) is 0 Å². The van der Waals surface area contributed by atoms with Gasteiger partial charge < -0.3 is 10.1 Å². The molecule has 0 amide bonds. The lowest BCUT2D eigenvalue weighted by Crippen LogP contribution is -2.20. The minimum atomic E-state index is -0.464. The highest BCUT2D eigenvalue weighted by Gasteiger charge is 2.22. The fourth-order valence-corrected chi connectivity index (χ4v) is 2.91. The van der Waals surface area contributed by atoms with E-state index >= 15 is 0 Å². The second-order valence-electron chi connectivity index (χ2n) is 4.37. The van der Waals surface area contributed by atoms with E-state index in [1.165, 1.54) is 13.2 Å². The van der Waals surface area contributed by atoms with Crippen LogP contribution in [-0.4, -0.2) is 14.2 Å². The fourth-order valence-electron chi connectivity index (χ4n) is 2.17. The highest BCUT2D eigenvalue weighted by Crippen LogP contribution is 2.35. The Morgan fingerprint density at radius 1 is 1.10 bits per heavy atom. The first-order chi connectivity index (χ1) is 9.99. The molecule has 0 heterocycles. The van der Waals surface area contributed by atoms with Gasteiger partial charge in [-0.15, -0.1) is 0 Å². The maximum absolute atomic E-state index is 14.3. The number of rotatable bonds is 4. The molecule has 0 aliphatic carbocycles. The summed E-state index contributed by atoms with van der Waals surface area (Å²) in [7, 11) is 3.16. The lowest BCUT2D eigenvalue weighted by Gasteiger charge is -2.21. The van der Waals surface area contributed by atoms with Gasteiger partial charge in [-0.1, -0.05) is 12.1 Å². The van der Waals surface area contributed by atoms with Crippen LogP contribution in [0.1, 0.15) is 17.2 Å². The zero-order valence-corrected chi connectivity index (χ0v) is 14.6. The van der Waals surface area contributed by atoms with Gasteiger partial charge >= 0.3 is 0 Å². The van der Waals surface area contributed by atoms with Crippen LogP contribution < -0.4 is 10.1 Å². The minimum absolute atomic E-state index is 0.300. The average molecular weight is 421 g/mol. The number of hydrogen-bond acceptors (Lipinski definition) is 2. The highest BCUT2D eigenvalue weighted by molar-refractivity contribution is 9.10. The van der Waals surface area contributed by atoms with Gasteiger partial charge in [-0.25, -0.2) is 8.78 Å². The Bertz CT molecular complexity index is 664. The Kier molecular flexibility index (Phi) is 5.35. The summed E-state index contributed by atoms with van der Waals surface area (Å²) >= 11 is 6.33. The number of hydrogen-bond donors (Lipinski definition) is 1. The van der Waals surface area contributed by atoms with Gasteiger partial charge in [-0.05, 0) is 51.0 Å². The van der Waals surface area contributed by atoms with Crippen molar-refractivity contribution in [1.82, 2.24) is 5.32 Å². The number of ether oxygens (including phenoxy) is 1. The van der Waals surface area contributed by atoms with Crippen LogP contribution in [0.2, 0.25) is 0 Å². The van der Waals surface area contributed by atoms with Crippen LogP contribution in [0.15, 0.2) is 39.3 Å². The molecule has 0 saturated heterocycles. The normalized spacial score (nSPS) is 12.3. The number of nitrogens with one attached hydrogen (secondary N) is 1. The molecule has 0 saturated carbocycles. The van der Waals surface area contributed by atoms with Gasteiger partial charge in [-0.3, -0.25) is 0 Å². The number of halogens is 4. The molecule has 1 atom stereocenters. The summed E-state index contributed by atoms with van der Waals surface area (Å²) in [6, 6.07) is 7.46. The Morgan fingerprint density at radius 2 is 1.81 bits per heavy atom. The molecule has 21 heavy (non-hydrogen) atoms. The molecule has 2 rings (SSSR count). The van der Waals surface area contributed by atoms with Crippen LogP contribution in [0.25, 0.3) is 0 Å². The van der Waals surface area contributed by atoms with Gasteiger partial charge in [-0.2, -0.15) is 0 Å². The summed E-state index contributed by atoms with van der Waals surface area (Å²) in [5, 5.41) is 3.04. The second kappa shape index (κ2) is 6.85. The first kappa shape index (κ1) is 16.4. The van der Waals surface area contributed by atoms with E-state index in [-0.39, 0.29) is 5.82 Å². The van der Waals surface area contributed by atoms with Gasteiger partial charge in [0.25, 0.3) is 0 Å². The summed E-state index contributed by atoms with van der Waals surface area (Å²) in [4.78, 5) is 0. The molecule has 1 N–H and O–H groups in total. The molecular formula is C15H13Br2F2NO. The van der Waals surface area contributed by atoms with Gasteiger partial charge in [0.05, 0.1) is 22.1 Å². The summed E-state index contributed by atoms with van der Waals surface area (Å²) in [5.74, 6) is -0.436. The Balaban J connectivity index is 2.61. The van der Waals surface area contributed by atoms with Crippen molar-refractivity contribution in [3.63, 3.8) is 0 Å². The summed E-state index contributed by atoms with van der Waals surface area (Å²) in [6.45, 7) is 0. The predicted molar refractivity (Wildman–Crippen MR) is 85.7 cm³/mol. The molecule has 112 valence electrons. The molecule has 0 bridgehead atoms. The number of benzene rings is 2. The number of methoxy groups -OCH3 is 1. The van der Waals surface area contributed by atoms with Gasteiger partial charge in [0.1, 0.15) is 17.4 Å². The first-order valence-electron chi connectivity index (χ1n) is 6.13. The van der Waals surface area contributed by atoms with Crippen molar-refractivity contribution in [3.8, 4) is 5.75 Å². The molecule has 0 aliphatic heterocycles. The summed E-state index contributed by atoms with van der Waals surface area (Å²) in [6.07, 6.45) is 0. The van der Waals surface area contributed by atoms with Crippen LogP contribution in [0, 0.1) is 11.6 Å². The van der Waals surface area contributed by atoms with Crippen molar-refractivity contribution >= 4 is 31.9 Å². The molecular weight excluding hydrogens is 408 g/mol. The van der Waals surface area contributed by atoms with Crippen molar-refractivity contribution in [1.29, 1.82) is 0 Å². The maximum Gasteiger partial charge on any atom is 0.142 e. The van der Waals surface area contributed by atoms with E-state index in [1.807, 2.05) is 0 Å². The molecule has 2 nitrogen and oxygen atoms in total. The van der Waals surface area contributed by atoms with Crippen molar-refractivity contribution in [3.05, 3.63) is 62.0 Å². The maximum atomic E-state index is 14.3. The largest absolute Gasteiger partial charge is 0.496 e. The van der Waals surface area contributed by atoms with Gasteiger partial charge in [0.2, 0.25) is 0 Å². The molecule has 0 spiro atoms. The zero-order chi connectivity index (χ0) is 15.6. The smallest absolute Gasteiger partial charge is 0.142 e. The lowest BCUT2D eigenvalue weighted by molar-refractivity contribution is 0.400. The quantitative estimate of drug-likeness (QED) is 0.766. The average Bonchev–Trinajstić information content (AvgIpc) is 2.47. The highest BCUT2D eigenvalue weighted by atomic mass is 79.9. The Labute approximate surface area is 138 Å². The third-order valence-electron chi connectivity index (χ3n) is 3.16. The van der Waals surface area contributed by atoms with E-state index in [9.17, 15) is 8.78 Å². The van der Waals surface area contributed by atoms with E-state index in [4.69, 9.17) is 4.74 Å². The fraction of sp³-hybridized carbons (Fsp3) is 0.200. The van der Waals surface area contributed by atoms with E-state index in [0.29, 0.717) is 25.8 Å². The van der Waals surface area contributed by atoms with Crippen molar-refractivity contribution in [2.24, 2.45) is 0 Å². The second-order valence-corrected chi connectivity index (χ2v) is 6.08. The van der Waals surface area contributed by atoms with Gasteiger partial charge in [0, 0.05) is 17.2 Å². The van der Waals surface area contributed by atoms with Crippen molar-refractivity contribution < 1.29 is 13.5 Å². The lowest BCUT2D eigenvalue weighted by atomic mass is 9.97. The summed E-state index contributed by atoms with van der Waals surface area (Å²) < 4.78 is 33.9. The van der Waals surface area contributed by atoms with Crippen LogP contribution in [0.3, 0.4) is 0 Å². The Hall–Kier alpha value is -0.980. The van der Waals surface area contributed by atoms with Crippen LogP contribution >= 0.6 is 31.9 Å². The monoisotopic (exact) mass is 419 g/mol. The molecule has 1 unspecified atom stereocenters. The molecule has 6 heteroatoms. The van der Waals surface area contributed by atoms with Crippen LogP contribution in [0.4, 0.5) is 8.78 Å². The van der Waals surface area contributed by atoms with Gasteiger partial charge in [0.15, 0.2) is 0 Å². The third-order valence-corrected chi connectivity index (χ3v) is 4.38. The molecule has 0 fully saturated rings. The summed E-state index contributed by atoms with van der Waals surface area (Å²) in [5.41, 5.74) is 1.09.